The number of nitrogens with zero attached hydrogens (tertiary/aromatic N) is 3. The summed E-state index contributed by atoms with van der Waals surface area (Å²) in [5, 5.41) is 8.55. The van der Waals surface area contributed by atoms with Crippen molar-refractivity contribution in [2.24, 2.45) is 0 Å². The van der Waals surface area contributed by atoms with Crippen molar-refractivity contribution in [1.29, 1.82) is 0 Å². The van der Waals surface area contributed by atoms with E-state index in [4.69, 9.17) is 0 Å². The van der Waals surface area contributed by atoms with Crippen molar-refractivity contribution in [3.63, 3.8) is 0 Å². The Kier molecular flexibility index (Phi) is 7.72. The zero-order chi connectivity index (χ0) is 23.8. The van der Waals surface area contributed by atoms with Gasteiger partial charge in [0.1, 0.15) is 11.9 Å². The lowest BCUT2D eigenvalue weighted by molar-refractivity contribution is -0.118. The van der Waals surface area contributed by atoms with Gasteiger partial charge in [0.25, 0.3) is 5.91 Å². The van der Waals surface area contributed by atoms with Crippen molar-refractivity contribution in [3.05, 3.63) is 90.1 Å². The molecule has 176 valence electrons. The van der Waals surface area contributed by atoms with E-state index in [-0.39, 0.29) is 5.91 Å². The maximum absolute atomic E-state index is 13.0. The molecule has 1 unspecified atom stereocenters. The fourth-order valence-corrected chi connectivity index (χ4v) is 3.83. The summed E-state index contributed by atoms with van der Waals surface area (Å²) in [6.07, 6.45) is 1.77. The Morgan fingerprint density at radius 3 is 2.32 bits per heavy atom. The summed E-state index contributed by atoms with van der Waals surface area (Å²) in [6, 6.07) is 21.0. The topological polar surface area (TPSA) is 89.6 Å². The minimum atomic E-state index is -0.834. The van der Waals surface area contributed by atoms with E-state index in [1.807, 2.05) is 60.7 Å². The maximum atomic E-state index is 13.0. The van der Waals surface area contributed by atoms with E-state index in [9.17, 15) is 9.59 Å². The highest BCUT2D eigenvalue weighted by molar-refractivity contribution is 5.97. The van der Waals surface area contributed by atoms with Crippen LogP contribution in [0.1, 0.15) is 17.2 Å². The van der Waals surface area contributed by atoms with Crippen LogP contribution in [0.15, 0.2) is 79.0 Å². The van der Waals surface area contributed by atoms with Crippen LogP contribution in [0.5, 0.6) is 0 Å². The lowest BCUT2D eigenvalue weighted by Crippen LogP contribution is -2.45. The number of carbonyl (C=O) groups is 2. The van der Waals surface area contributed by atoms with Crippen molar-refractivity contribution in [3.8, 4) is 0 Å². The summed E-state index contributed by atoms with van der Waals surface area (Å²) < 4.78 is 0. The normalized spacial score (nSPS) is 14.8. The van der Waals surface area contributed by atoms with E-state index in [0.717, 1.165) is 37.6 Å². The summed E-state index contributed by atoms with van der Waals surface area (Å²) in [5.74, 6) is 0.603. The summed E-state index contributed by atoms with van der Waals surface area (Å²) in [6.45, 7) is 4.18. The van der Waals surface area contributed by atoms with Crippen LogP contribution in [0.4, 0.5) is 16.3 Å². The fourth-order valence-electron chi connectivity index (χ4n) is 3.83. The molecular weight excluding hydrogens is 428 g/mol. The van der Waals surface area contributed by atoms with Gasteiger partial charge in [-0.15, -0.1) is 0 Å². The Bertz CT molecular complexity index is 1080. The number of anilines is 2. The quantitative estimate of drug-likeness (QED) is 0.507. The number of benzene rings is 2. The highest BCUT2D eigenvalue weighted by atomic mass is 16.2. The molecule has 1 saturated heterocycles. The number of urea groups is 1. The van der Waals surface area contributed by atoms with Gasteiger partial charge in [-0.05, 0) is 42.4 Å². The van der Waals surface area contributed by atoms with Gasteiger partial charge in [-0.2, -0.15) is 0 Å². The molecule has 1 aliphatic rings. The van der Waals surface area contributed by atoms with E-state index in [1.54, 1.807) is 18.3 Å². The van der Waals surface area contributed by atoms with Crippen LogP contribution in [-0.4, -0.2) is 55.0 Å². The zero-order valence-corrected chi connectivity index (χ0v) is 19.3. The number of likely N-dealkylation sites (N-methyl/N-ethyl adjacent to an activating group) is 1. The second-order valence-corrected chi connectivity index (χ2v) is 8.34. The molecule has 0 radical (unpaired) electrons. The first-order valence-electron chi connectivity index (χ1n) is 11.4. The molecule has 8 heteroatoms. The Labute approximate surface area is 200 Å². The number of piperazine rings is 1. The first-order chi connectivity index (χ1) is 16.6. The molecular formula is C26H30N6O2. The van der Waals surface area contributed by atoms with E-state index in [2.05, 4.69) is 37.8 Å². The monoisotopic (exact) mass is 458 g/mol. The van der Waals surface area contributed by atoms with Crippen LogP contribution in [0.25, 0.3) is 0 Å². The molecule has 0 saturated carbocycles. The molecule has 1 fully saturated rings. The summed E-state index contributed by atoms with van der Waals surface area (Å²) in [4.78, 5) is 34.8. The van der Waals surface area contributed by atoms with Crippen LogP contribution >= 0.6 is 0 Å². The van der Waals surface area contributed by atoms with E-state index >= 15 is 0 Å². The third-order valence-corrected chi connectivity index (χ3v) is 5.80. The number of hydrogen-bond donors (Lipinski definition) is 3. The second-order valence-electron chi connectivity index (χ2n) is 8.34. The third kappa shape index (κ3) is 6.32. The van der Waals surface area contributed by atoms with Gasteiger partial charge < -0.3 is 25.8 Å². The molecule has 4 rings (SSSR count). The van der Waals surface area contributed by atoms with Crippen molar-refractivity contribution in [2.75, 3.05) is 43.4 Å². The Morgan fingerprint density at radius 1 is 0.941 bits per heavy atom. The number of rotatable bonds is 7. The summed E-state index contributed by atoms with van der Waals surface area (Å²) in [7, 11) is 2.12. The number of nitrogens with one attached hydrogen (secondary N) is 3. The Morgan fingerprint density at radius 2 is 1.62 bits per heavy atom. The largest absolute Gasteiger partial charge is 0.354 e. The van der Waals surface area contributed by atoms with Gasteiger partial charge in [0.2, 0.25) is 0 Å². The van der Waals surface area contributed by atoms with E-state index in [1.165, 1.54) is 0 Å². The van der Waals surface area contributed by atoms with Crippen LogP contribution in [0, 0.1) is 0 Å². The van der Waals surface area contributed by atoms with Crippen molar-refractivity contribution in [1.82, 2.24) is 20.5 Å². The van der Waals surface area contributed by atoms with E-state index < -0.39 is 12.1 Å². The van der Waals surface area contributed by atoms with Crippen molar-refractivity contribution in [2.45, 2.75) is 12.6 Å². The molecule has 0 spiro atoms. The van der Waals surface area contributed by atoms with Gasteiger partial charge in [0, 0.05) is 44.6 Å². The molecule has 0 bridgehead atoms. The first-order valence-corrected chi connectivity index (χ1v) is 11.4. The van der Waals surface area contributed by atoms with Crippen LogP contribution < -0.4 is 20.9 Å². The van der Waals surface area contributed by atoms with E-state index in [0.29, 0.717) is 17.8 Å². The summed E-state index contributed by atoms with van der Waals surface area (Å²) >= 11 is 0. The minimum Gasteiger partial charge on any atom is -0.354 e. The van der Waals surface area contributed by atoms with Gasteiger partial charge in [-0.1, -0.05) is 48.5 Å². The molecule has 0 aliphatic carbocycles. The molecule has 1 aliphatic heterocycles. The maximum Gasteiger partial charge on any atom is 0.315 e. The van der Waals surface area contributed by atoms with Crippen LogP contribution in [0.3, 0.4) is 0 Å². The smallest absolute Gasteiger partial charge is 0.315 e. The number of hydrogen-bond acceptors (Lipinski definition) is 5. The minimum absolute atomic E-state index is 0.311. The lowest BCUT2D eigenvalue weighted by Gasteiger charge is -2.33. The van der Waals surface area contributed by atoms with Gasteiger partial charge in [0.15, 0.2) is 0 Å². The van der Waals surface area contributed by atoms with Gasteiger partial charge in [-0.3, -0.25) is 4.79 Å². The molecule has 1 aromatic heterocycles. The number of carbonyl (C=O) groups excluding carboxylic acids is 2. The SMILES string of the molecule is CN1CCN(c2cc(CNC(=O)NC(C(=O)Nc3ccccc3)c3ccccc3)ccn2)CC1. The molecule has 3 aromatic rings. The Hall–Kier alpha value is -3.91. The standard InChI is InChI=1S/C26H30N6O2/c1-31-14-16-32(17-15-31)23-18-20(12-13-27-23)19-28-26(34)30-24(21-8-4-2-5-9-21)25(33)29-22-10-6-3-7-11-22/h2-13,18,24H,14-17,19H2,1H3,(H,29,33)(H2,28,30,34). The number of aromatic nitrogens is 1. The molecule has 2 heterocycles. The number of para-hydroxylation sites is 1. The molecule has 8 nitrogen and oxygen atoms in total. The second kappa shape index (κ2) is 11.3. The predicted octanol–water partition coefficient (Wildman–Crippen LogP) is 3.01. The van der Waals surface area contributed by atoms with Crippen molar-refractivity contribution >= 4 is 23.4 Å². The summed E-state index contributed by atoms with van der Waals surface area (Å²) in [5.41, 5.74) is 2.32. The zero-order valence-electron chi connectivity index (χ0n) is 19.3. The third-order valence-electron chi connectivity index (χ3n) is 5.80. The van der Waals surface area contributed by atoms with Gasteiger partial charge in [-0.25, -0.2) is 9.78 Å². The van der Waals surface area contributed by atoms with Crippen LogP contribution in [-0.2, 0) is 11.3 Å². The lowest BCUT2D eigenvalue weighted by atomic mass is 10.1. The van der Waals surface area contributed by atoms with Gasteiger partial charge in [0.05, 0.1) is 0 Å². The molecule has 34 heavy (non-hydrogen) atoms. The highest BCUT2D eigenvalue weighted by Gasteiger charge is 2.23. The van der Waals surface area contributed by atoms with Gasteiger partial charge >= 0.3 is 6.03 Å². The average molecular weight is 459 g/mol. The predicted molar refractivity (Wildman–Crippen MR) is 134 cm³/mol. The first kappa shape index (κ1) is 23.3. The number of amides is 3. The number of pyridine rings is 1. The average Bonchev–Trinajstić information content (AvgIpc) is 2.88. The molecule has 1 atom stereocenters. The Balaban J connectivity index is 1.38. The molecule has 3 N–H and O–H groups in total. The molecule has 2 aromatic carbocycles. The molecule has 3 amide bonds. The van der Waals surface area contributed by atoms with Crippen LogP contribution in [0.2, 0.25) is 0 Å². The fraction of sp³-hybridized carbons (Fsp3) is 0.269. The van der Waals surface area contributed by atoms with Crippen molar-refractivity contribution < 1.29 is 9.59 Å². The highest BCUT2D eigenvalue weighted by Crippen LogP contribution is 2.17.